The van der Waals surface area contributed by atoms with Gasteiger partial charge in [0.25, 0.3) is 0 Å². The van der Waals surface area contributed by atoms with Crippen molar-refractivity contribution in [3.8, 4) is 0 Å². The topological polar surface area (TPSA) is 21.3 Å². The third-order valence-electron chi connectivity index (χ3n) is 2.85. The second kappa shape index (κ2) is 6.18. The molecule has 0 bridgehead atoms. The molecular formula is C15H25NO. The Bertz CT molecular complexity index is 324. The van der Waals surface area contributed by atoms with E-state index in [0.717, 1.165) is 6.54 Å². The molecule has 0 spiro atoms. The van der Waals surface area contributed by atoms with Gasteiger partial charge in [0.05, 0.1) is 12.7 Å². The second-order valence-corrected chi connectivity index (χ2v) is 5.63. The van der Waals surface area contributed by atoms with Gasteiger partial charge in [-0.25, -0.2) is 0 Å². The van der Waals surface area contributed by atoms with E-state index in [-0.39, 0.29) is 11.5 Å². The monoisotopic (exact) mass is 235 g/mol. The van der Waals surface area contributed by atoms with Crippen LogP contribution in [0.2, 0.25) is 0 Å². The minimum Gasteiger partial charge on any atom is -0.373 e. The van der Waals surface area contributed by atoms with Gasteiger partial charge in [-0.1, -0.05) is 45.0 Å². The van der Waals surface area contributed by atoms with Crippen LogP contribution in [0.1, 0.15) is 38.8 Å². The highest BCUT2D eigenvalue weighted by Gasteiger charge is 2.12. The zero-order chi connectivity index (χ0) is 12.9. The van der Waals surface area contributed by atoms with Crippen LogP contribution in [0.15, 0.2) is 24.3 Å². The van der Waals surface area contributed by atoms with Crippen molar-refractivity contribution in [3.05, 3.63) is 35.4 Å². The van der Waals surface area contributed by atoms with Gasteiger partial charge in [-0.15, -0.1) is 0 Å². The lowest BCUT2D eigenvalue weighted by Crippen LogP contribution is -2.23. The fraction of sp³-hybridized carbons (Fsp3) is 0.600. The molecule has 1 rings (SSSR count). The molecule has 1 unspecified atom stereocenters. The van der Waals surface area contributed by atoms with Gasteiger partial charge in [0.15, 0.2) is 0 Å². The molecule has 0 heterocycles. The summed E-state index contributed by atoms with van der Waals surface area (Å²) in [5, 5.41) is 3.11. The Balaban J connectivity index is 2.51. The molecular weight excluding hydrogens is 210 g/mol. The maximum Gasteiger partial charge on any atom is 0.0721 e. The highest BCUT2D eigenvalue weighted by molar-refractivity contribution is 5.27. The molecule has 0 aliphatic rings. The molecule has 0 aliphatic heterocycles. The second-order valence-electron chi connectivity index (χ2n) is 5.63. The van der Waals surface area contributed by atoms with E-state index in [9.17, 15) is 0 Å². The van der Waals surface area contributed by atoms with E-state index < -0.39 is 0 Å². The predicted octanol–water partition coefficient (Wildman–Crippen LogP) is 3.11. The highest BCUT2D eigenvalue weighted by Crippen LogP contribution is 2.22. The Morgan fingerprint density at radius 1 is 1.18 bits per heavy atom. The summed E-state index contributed by atoms with van der Waals surface area (Å²) < 4.78 is 5.73. The summed E-state index contributed by atoms with van der Waals surface area (Å²) in [5.74, 6) is 0. The fourth-order valence-electron chi connectivity index (χ4n) is 1.69. The molecule has 0 aromatic heterocycles. The van der Waals surface area contributed by atoms with Crippen molar-refractivity contribution in [1.29, 1.82) is 0 Å². The molecule has 1 N–H and O–H groups in total. The Kier molecular flexibility index (Phi) is 5.16. The smallest absolute Gasteiger partial charge is 0.0721 e. The Morgan fingerprint density at radius 3 is 2.24 bits per heavy atom. The Morgan fingerprint density at radius 2 is 1.76 bits per heavy atom. The average molecular weight is 235 g/mol. The van der Waals surface area contributed by atoms with Crippen LogP contribution in [0.25, 0.3) is 0 Å². The van der Waals surface area contributed by atoms with Gasteiger partial charge in [-0.2, -0.15) is 0 Å². The van der Waals surface area contributed by atoms with E-state index >= 15 is 0 Å². The summed E-state index contributed by atoms with van der Waals surface area (Å²) in [6.45, 7) is 10.3. The highest BCUT2D eigenvalue weighted by atomic mass is 16.5. The first kappa shape index (κ1) is 14.2. The zero-order valence-electron chi connectivity index (χ0n) is 11.7. The molecule has 0 fully saturated rings. The van der Waals surface area contributed by atoms with Crippen LogP contribution in [0.5, 0.6) is 0 Å². The first-order chi connectivity index (χ1) is 7.93. The molecule has 0 saturated heterocycles. The van der Waals surface area contributed by atoms with Crippen LogP contribution in [0.3, 0.4) is 0 Å². The van der Waals surface area contributed by atoms with Crippen LogP contribution in [-0.2, 0) is 16.8 Å². The molecule has 17 heavy (non-hydrogen) atoms. The quantitative estimate of drug-likeness (QED) is 0.846. The lowest BCUT2D eigenvalue weighted by Gasteiger charge is -2.19. The number of benzene rings is 1. The third kappa shape index (κ3) is 4.88. The van der Waals surface area contributed by atoms with E-state index in [4.69, 9.17) is 4.74 Å². The van der Waals surface area contributed by atoms with Crippen LogP contribution < -0.4 is 5.32 Å². The van der Waals surface area contributed by atoms with Crippen molar-refractivity contribution >= 4 is 0 Å². The number of hydrogen-bond acceptors (Lipinski definition) is 2. The van der Waals surface area contributed by atoms with Gasteiger partial charge < -0.3 is 10.1 Å². The van der Waals surface area contributed by atoms with Gasteiger partial charge in [0.1, 0.15) is 0 Å². The summed E-state index contributed by atoms with van der Waals surface area (Å²) in [6.07, 6.45) is 0.252. The molecule has 0 amide bonds. The number of likely N-dealkylation sites (N-methyl/N-ethyl adjacent to an activating group) is 1. The third-order valence-corrected chi connectivity index (χ3v) is 2.85. The Hall–Kier alpha value is -0.860. The van der Waals surface area contributed by atoms with Crippen molar-refractivity contribution in [2.75, 3.05) is 13.6 Å². The SMILES string of the molecule is CNCC(C)OCc1ccc(C(C)(C)C)cc1. The van der Waals surface area contributed by atoms with Crippen molar-refractivity contribution in [1.82, 2.24) is 5.32 Å². The van der Waals surface area contributed by atoms with Crippen LogP contribution in [0, 0.1) is 0 Å². The molecule has 0 saturated carbocycles. The van der Waals surface area contributed by atoms with Crippen molar-refractivity contribution < 1.29 is 4.74 Å². The first-order valence-electron chi connectivity index (χ1n) is 6.29. The van der Waals surface area contributed by atoms with Crippen LogP contribution in [-0.4, -0.2) is 19.7 Å². The Labute approximate surface area is 105 Å². The molecule has 0 radical (unpaired) electrons. The summed E-state index contributed by atoms with van der Waals surface area (Å²) in [5.41, 5.74) is 2.82. The average Bonchev–Trinajstić information content (AvgIpc) is 2.26. The summed E-state index contributed by atoms with van der Waals surface area (Å²) in [4.78, 5) is 0. The van der Waals surface area contributed by atoms with Crippen molar-refractivity contribution in [2.45, 2.75) is 45.8 Å². The first-order valence-corrected chi connectivity index (χ1v) is 6.29. The fourth-order valence-corrected chi connectivity index (χ4v) is 1.69. The standard InChI is InChI=1S/C15H25NO/c1-12(10-16-5)17-11-13-6-8-14(9-7-13)15(2,3)4/h6-9,12,16H,10-11H2,1-5H3. The van der Waals surface area contributed by atoms with Gasteiger partial charge in [0, 0.05) is 6.54 Å². The number of nitrogens with one attached hydrogen (secondary N) is 1. The molecule has 1 aromatic carbocycles. The van der Waals surface area contributed by atoms with Crippen molar-refractivity contribution in [2.24, 2.45) is 0 Å². The molecule has 2 heteroatoms. The van der Waals surface area contributed by atoms with Gasteiger partial charge in [0.2, 0.25) is 0 Å². The minimum absolute atomic E-state index is 0.221. The van der Waals surface area contributed by atoms with E-state index in [1.807, 2.05) is 7.05 Å². The molecule has 96 valence electrons. The van der Waals surface area contributed by atoms with Gasteiger partial charge in [-0.05, 0) is 30.5 Å². The van der Waals surface area contributed by atoms with Crippen LogP contribution in [0.4, 0.5) is 0 Å². The van der Waals surface area contributed by atoms with E-state index in [0.29, 0.717) is 6.61 Å². The van der Waals surface area contributed by atoms with E-state index in [2.05, 4.69) is 57.3 Å². The largest absolute Gasteiger partial charge is 0.373 e. The maximum atomic E-state index is 5.73. The van der Waals surface area contributed by atoms with Gasteiger partial charge in [-0.3, -0.25) is 0 Å². The lowest BCUT2D eigenvalue weighted by atomic mass is 9.87. The van der Waals surface area contributed by atoms with E-state index in [1.165, 1.54) is 11.1 Å². The predicted molar refractivity (Wildman–Crippen MR) is 73.3 cm³/mol. The van der Waals surface area contributed by atoms with Crippen LogP contribution >= 0.6 is 0 Å². The summed E-state index contributed by atoms with van der Waals surface area (Å²) in [6, 6.07) is 8.71. The molecule has 1 atom stereocenters. The number of ether oxygens (including phenoxy) is 1. The zero-order valence-corrected chi connectivity index (χ0v) is 11.7. The molecule has 0 aliphatic carbocycles. The summed E-state index contributed by atoms with van der Waals surface area (Å²) in [7, 11) is 1.94. The van der Waals surface area contributed by atoms with E-state index in [1.54, 1.807) is 0 Å². The summed E-state index contributed by atoms with van der Waals surface area (Å²) >= 11 is 0. The number of hydrogen-bond donors (Lipinski definition) is 1. The molecule has 2 nitrogen and oxygen atoms in total. The van der Waals surface area contributed by atoms with Crippen molar-refractivity contribution in [3.63, 3.8) is 0 Å². The number of rotatable bonds is 5. The normalized spacial score (nSPS) is 13.7. The molecule has 1 aromatic rings. The maximum absolute atomic E-state index is 5.73. The minimum atomic E-state index is 0.221. The van der Waals surface area contributed by atoms with Gasteiger partial charge >= 0.3 is 0 Å². The lowest BCUT2D eigenvalue weighted by molar-refractivity contribution is 0.0545.